The van der Waals surface area contributed by atoms with Crippen LogP contribution in [-0.4, -0.2) is 27.4 Å². The minimum Gasteiger partial charge on any atom is -0.349 e. The molecule has 1 aromatic carbocycles. The molecule has 1 heterocycles. The maximum atomic E-state index is 12.0. The zero-order valence-corrected chi connectivity index (χ0v) is 12.1. The largest absolute Gasteiger partial charge is 0.349 e. The van der Waals surface area contributed by atoms with Crippen LogP contribution in [0.1, 0.15) is 24.9 Å². The molecule has 1 fully saturated rings. The van der Waals surface area contributed by atoms with Gasteiger partial charge in [0.15, 0.2) is 0 Å². The number of nitrogens with two attached hydrogens (primary N) is 1. The van der Waals surface area contributed by atoms with E-state index in [0.29, 0.717) is 6.54 Å². The van der Waals surface area contributed by atoms with E-state index in [1.165, 1.54) is 12.1 Å². The standard InChI is InChI=1S/C13H19N3O3S/c1-9(16-13(17)11-6-7-15-8-11)10-2-4-12(5-3-10)20(14,18)19/h2-5,9,11,15H,6-8H2,1H3,(H,16,17)(H2,14,18,19). The van der Waals surface area contributed by atoms with Gasteiger partial charge in [0.1, 0.15) is 0 Å². The Bertz CT molecular complexity index is 577. The van der Waals surface area contributed by atoms with E-state index in [2.05, 4.69) is 10.6 Å². The van der Waals surface area contributed by atoms with Gasteiger partial charge in [-0.2, -0.15) is 0 Å². The molecule has 1 amide bonds. The number of primary sulfonamides is 1. The van der Waals surface area contributed by atoms with Gasteiger partial charge in [0.25, 0.3) is 0 Å². The molecule has 1 saturated heterocycles. The number of carbonyl (C=O) groups is 1. The van der Waals surface area contributed by atoms with Crippen molar-refractivity contribution in [3.8, 4) is 0 Å². The van der Waals surface area contributed by atoms with Crippen LogP contribution < -0.4 is 15.8 Å². The molecule has 6 nitrogen and oxygen atoms in total. The molecule has 1 aliphatic heterocycles. The smallest absolute Gasteiger partial charge is 0.238 e. The van der Waals surface area contributed by atoms with Crippen LogP contribution in [0.5, 0.6) is 0 Å². The molecule has 0 aromatic heterocycles. The summed E-state index contributed by atoms with van der Waals surface area (Å²) in [6.45, 7) is 3.45. The van der Waals surface area contributed by atoms with Gasteiger partial charge < -0.3 is 10.6 Å². The molecular weight excluding hydrogens is 278 g/mol. The third kappa shape index (κ3) is 3.56. The molecule has 2 atom stereocenters. The van der Waals surface area contributed by atoms with Gasteiger partial charge in [-0.25, -0.2) is 13.6 Å². The fourth-order valence-corrected chi connectivity index (χ4v) is 2.75. The lowest BCUT2D eigenvalue weighted by Crippen LogP contribution is -2.33. The van der Waals surface area contributed by atoms with Crippen LogP contribution >= 0.6 is 0 Å². The third-order valence-electron chi connectivity index (χ3n) is 3.50. The Labute approximate surface area is 118 Å². The van der Waals surface area contributed by atoms with Gasteiger partial charge in [-0.1, -0.05) is 12.1 Å². The van der Waals surface area contributed by atoms with Gasteiger partial charge in [-0.05, 0) is 37.6 Å². The third-order valence-corrected chi connectivity index (χ3v) is 4.43. The van der Waals surface area contributed by atoms with Crippen LogP contribution in [0, 0.1) is 5.92 Å². The number of nitrogens with one attached hydrogen (secondary N) is 2. The summed E-state index contributed by atoms with van der Waals surface area (Å²) in [5, 5.41) is 11.1. The van der Waals surface area contributed by atoms with Crippen molar-refractivity contribution in [2.45, 2.75) is 24.3 Å². The quantitative estimate of drug-likeness (QED) is 0.734. The lowest BCUT2D eigenvalue weighted by Gasteiger charge is -2.17. The Morgan fingerprint density at radius 1 is 1.40 bits per heavy atom. The van der Waals surface area contributed by atoms with Crippen LogP contribution in [0.3, 0.4) is 0 Å². The molecule has 0 aliphatic carbocycles. The van der Waals surface area contributed by atoms with Crippen molar-refractivity contribution in [3.63, 3.8) is 0 Å². The molecule has 110 valence electrons. The highest BCUT2D eigenvalue weighted by molar-refractivity contribution is 7.89. The van der Waals surface area contributed by atoms with Gasteiger partial charge in [0.05, 0.1) is 16.9 Å². The minimum absolute atomic E-state index is 0.0149. The summed E-state index contributed by atoms with van der Waals surface area (Å²) >= 11 is 0. The molecule has 0 saturated carbocycles. The van der Waals surface area contributed by atoms with Gasteiger partial charge in [-0.3, -0.25) is 4.79 Å². The van der Waals surface area contributed by atoms with Crippen molar-refractivity contribution in [1.82, 2.24) is 10.6 Å². The van der Waals surface area contributed by atoms with Crippen LogP contribution in [-0.2, 0) is 14.8 Å². The average Bonchev–Trinajstić information content (AvgIpc) is 2.91. The van der Waals surface area contributed by atoms with Gasteiger partial charge in [0, 0.05) is 6.54 Å². The lowest BCUT2D eigenvalue weighted by molar-refractivity contribution is -0.125. The second kappa shape index (κ2) is 5.90. The van der Waals surface area contributed by atoms with E-state index in [0.717, 1.165) is 18.5 Å². The van der Waals surface area contributed by atoms with Crippen molar-refractivity contribution >= 4 is 15.9 Å². The zero-order valence-electron chi connectivity index (χ0n) is 11.3. The highest BCUT2D eigenvalue weighted by Crippen LogP contribution is 2.17. The number of rotatable bonds is 4. The van der Waals surface area contributed by atoms with E-state index in [1.807, 2.05) is 6.92 Å². The molecule has 0 bridgehead atoms. The molecule has 20 heavy (non-hydrogen) atoms. The summed E-state index contributed by atoms with van der Waals surface area (Å²) < 4.78 is 22.3. The Morgan fingerprint density at radius 3 is 2.55 bits per heavy atom. The maximum Gasteiger partial charge on any atom is 0.238 e. The molecule has 2 unspecified atom stereocenters. The van der Waals surface area contributed by atoms with Gasteiger partial charge in [0.2, 0.25) is 15.9 Å². The number of hydrogen-bond donors (Lipinski definition) is 3. The number of benzene rings is 1. The molecule has 4 N–H and O–H groups in total. The van der Waals surface area contributed by atoms with Crippen LogP contribution in [0.25, 0.3) is 0 Å². The second-order valence-electron chi connectivity index (χ2n) is 5.03. The van der Waals surface area contributed by atoms with E-state index in [9.17, 15) is 13.2 Å². The summed E-state index contributed by atoms with van der Waals surface area (Å²) in [4.78, 5) is 12.1. The Balaban J connectivity index is 2.02. The molecule has 0 spiro atoms. The van der Waals surface area contributed by atoms with E-state index >= 15 is 0 Å². The van der Waals surface area contributed by atoms with E-state index in [1.54, 1.807) is 12.1 Å². The van der Waals surface area contributed by atoms with Crippen LogP contribution in [0.4, 0.5) is 0 Å². The topological polar surface area (TPSA) is 101 Å². The molecule has 2 rings (SSSR count). The molecule has 1 aliphatic rings. The van der Waals surface area contributed by atoms with Crippen molar-refractivity contribution in [2.24, 2.45) is 11.1 Å². The fraction of sp³-hybridized carbons (Fsp3) is 0.462. The highest BCUT2D eigenvalue weighted by Gasteiger charge is 2.23. The van der Waals surface area contributed by atoms with Gasteiger partial charge >= 0.3 is 0 Å². The first-order chi connectivity index (χ1) is 9.38. The van der Waals surface area contributed by atoms with Crippen molar-refractivity contribution < 1.29 is 13.2 Å². The first-order valence-corrected chi connectivity index (χ1v) is 8.06. The number of carbonyl (C=O) groups excluding carboxylic acids is 1. The number of amides is 1. The first kappa shape index (κ1) is 15.0. The average molecular weight is 297 g/mol. The highest BCUT2D eigenvalue weighted by atomic mass is 32.2. The summed E-state index contributed by atoms with van der Waals surface area (Å²) in [7, 11) is -3.68. The first-order valence-electron chi connectivity index (χ1n) is 6.52. The molecule has 0 radical (unpaired) electrons. The summed E-state index contributed by atoms with van der Waals surface area (Å²) in [6.07, 6.45) is 0.850. The molecular formula is C13H19N3O3S. The van der Waals surface area contributed by atoms with Crippen molar-refractivity contribution in [2.75, 3.05) is 13.1 Å². The summed E-state index contributed by atoms with van der Waals surface area (Å²) in [5.41, 5.74) is 0.844. The number of hydrogen-bond acceptors (Lipinski definition) is 4. The van der Waals surface area contributed by atoms with Crippen molar-refractivity contribution in [3.05, 3.63) is 29.8 Å². The van der Waals surface area contributed by atoms with Crippen LogP contribution in [0.2, 0.25) is 0 Å². The predicted molar refractivity (Wildman–Crippen MR) is 75.3 cm³/mol. The Kier molecular flexibility index (Phi) is 4.42. The monoisotopic (exact) mass is 297 g/mol. The molecule has 1 aromatic rings. The fourth-order valence-electron chi connectivity index (χ4n) is 2.24. The summed E-state index contributed by atoms with van der Waals surface area (Å²) in [5.74, 6) is 0.0409. The van der Waals surface area contributed by atoms with Crippen LogP contribution in [0.15, 0.2) is 29.2 Å². The zero-order chi connectivity index (χ0) is 14.8. The maximum absolute atomic E-state index is 12.0. The SMILES string of the molecule is CC(NC(=O)C1CCNC1)c1ccc(S(N)(=O)=O)cc1. The lowest BCUT2D eigenvalue weighted by atomic mass is 10.1. The Morgan fingerprint density at radius 2 is 2.05 bits per heavy atom. The normalized spacial score (nSPS) is 20.6. The van der Waals surface area contributed by atoms with Crippen molar-refractivity contribution in [1.29, 1.82) is 0 Å². The van der Waals surface area contributed by atoms with E-state index in [-0.39, 0.29) is 22.8 Å². The summed E-state index contributed by atoms with van der Waals surface area (Å²) in [6, 6.07) is 6.06. The predicted octanol–water partition coefficient (Wildman–Crippen LogP) is 0.121. The van der Waals surface area contributed by atoms with E-state index in [4.69, 9.17) is 5.14 Å². The molecule has 7 heteroatoms. The van der Waals surface area contributed by atoms with E-state index < -0.39 is 10.0 Å². The Hall–Kier alpha value is -1.44. The van der Waals surface area contributed by atoms with Gasteiger partial charge in [-0.15, -0.1) is 0 Å². The second-order valence-corrected chi connectivity index (χ2v) is 6.60. The minimum atomic E-state index is -3.68. The number of sulfonamides is 1.